The van der Waals surface area contributed by atoms with Crippen LogP contribution in [0.1, 0.15) is 18.1 Å². The summed E-state index contributed by atoms with van der Waals surface area (Å²) in [5.74, 6) is 0.370. The largest absolute Gasteiger partial charge is 0.482 e. The third kappa shape index (κ3) is 2.54. The fourth-order valence-corrected chi connectivity index (χ4v) is 3.40. The van der Waals surface area contributed by atoms with Crippen LogP contribution < -0.4 is 4.74 Å². The fraction of sp³-hybridized carbons (Fsp3) is 0.250. The van der Waals surface area contributed by atoms with Crippen molar-refractivity contribution in [1.82, 2.24) is 4.98 Å². The van der Waals surface area contributed by atoms with Crippen molar-refractivity contribution in [2.24, 2.45) is 0 Å². The van der Waals surface area contributed by atoms with Gasteiger partial charge in [0.25, 0.3) is 0 Å². The molecule has 4 nitrogen and oxygen atoms in total. The van der Waals surface area contributed by atoms with Crippen LogP contribution in [0.15, 0.2) is 42.5 Å². The minimum Gasteiger partial charge on any atom is -0.482 e. The Bertz CT molecular complexity index is 910. The maximum atomic E-state index is 11.4. The summed E-state index contributed by atoms with van der Waals surface area (Å²) in [6.45, 7) is 2.11. The highest BCUT2D eigenvalue weighted by Gasteiger charge is 2.21. The summed E-state index contributed by atoms with van der Waals surface area (Å²) in [5.41, 5.74) is 6.23. The van der Waals surface area contributed by atoms with Crippen molar-refractivity contribution in [3.05, 3.63) is 53.6 Å². The molecule has 0 fully saturated rings. The van der Waals surface area contributed by atoms with Crippen LogP contribution in [0.4, 0.5) is 0 Å². The van der Waals surface area contributed by atoms with Gasteiger partial charge in [-0.25, -0.2) is 4.79 Å². The van der Waals surface area contributed by atoms with E-state index in [2.05, 4.69) is 35.3 Å². The van der Waals surface area contributed by atoms with Gasteiger partial charge in [-0.05, 0) is 55.2 Å². The van der Waals surface area contributed by atoms with Gasteiger partial charge >= 0.3 is 5.97 Å². The van der Waals surface area contributed by atoms with Gasteiger partial charge in [-0.15, -0.1) is 0 Å². The van der Waals surface area contributed by atoms with Crippen LogP contribution in [0.2, 0.25) is 0 Å². The first-order chi connectivity index (χ1) is 11.8. The number of para-hydroxylation sites is 1. The molecule has 0 spiro atoms. The first-order valence-corrected chi connectivity index (χ1v) is 8.27. The summed E-state index contributed by atoms with van der Waals surface area (Å²) in [6, 6.07) is 14.4. The van der Waals surface area contributed by atoms with E-state index >= 15 is 0 Å². The van der Waals surface area contributed by atoms with Gasteiger partial charge in [-0.1, -0.05) is 18.2 Å². The Morgan fingerprint density at radius 1 is 1.17 bits per heavy atom. The third-order valence-corrected chi connectivity index (χ3v) is 4.47. The molecule has 0 saturated heterocycles. The average Bonchev–Trinajstić information content (AvgIpc) is 2.99. The Labute approximate surface area is 140 Å². The fourth-order valence-electron chi connectivity index (χ4n) is 3.40. The molecule has 1 N–H and O–H groups in total. The van der Waals surface area contributed by atoms with Crippen LogP contribution >= 0.6 is 0 Å². The highest BCUT2D eigenvalue weighted by Crippen LogP contribution is 2.38. The number of hydrogen-bond acceptors (Lipinski definition) is 3. The zero-order valence-corrected chi connectivity index (χ0v) is 13.6. The van der Waals surface area contributed by atoms with E-state index in [4.69, 9.17) is 9.47 Å². The number of hydrogen-bond donors (Lipinski definition) is 1. The van der Waals surface area contributed by atoms with Crippen molar-refractivity contribution in [2.45, 2.75) is 19.8 Å². The van der Waals surface area contributed by atoms with E-state index < -0.39 is 0 Å². The minimum atomic E-state index is -0.340. The van der Waals surface area contributed by atoms with Gasteiger partial charge in [0.15, 0.2) is 6.61 Å². The third-order valence-electron chi connectivity index (χ3n) is 4.47. The highest BCUT2D eigenvalue weighted by atomic mass is 16.6. The molecule has 3 aromatic rings. The lowest BCUT2D eigenvalue weighted by atomic mass is 9.89. The number of ether oxygens (including phenoxy) is 2. The molecule has 0 unspecified atom stereocenters. The van der Waals surface area contributed by atoms with E-state index in [0.717, 1.165) is 12.8 Å². The lowest BCUT2D eigenvalue weighted by molar-refractivity contribution is -0.145. The van der Waals surface area contributed by atoms with Gasteiger partial charge in [-0.3, -0.25) is 0 Å². The normalized spacial score (nSPS) is 12.5. The second-order valence-corrected chi connectivity index (χ2v) is 5.94. The Morgan fingerprint density at radius 2 is 2.04 bits per heavy atom. The molecule has 0 saturated carbocycles. The summed E-state index contributed by atoms with van der Waals surface area (Å²) in [5, 5.41) is 1.31. The molecule has 0 amide bonds. The average molecular weight is 321 g/mol. The minimum absolute atomic E-state index is 0.0513. The van der Waals surface area contributed by atoms with E-state index in [0.29, 0.717) is 12.4 Å². The van der Waals surface area contributed by atoms with Gasteiger partial charge in [0.05, 0.1) is 6.61 Å². The molecule has 0 atom stereocenters. The van der Waals surface area contributed by atoms with Crippen LogP contribution in [-0.2, 0) is 22.4 Å². The number of aromatic amines is 1. The lowest BCUT2D eigenvalue weighted by Crippen LogP contribution is -2.14. The molecule has 122 valence electrons. The molecule has 1 aliphatic rings. The van der Waals surface area contributed by atoms with E-state index in [1.807, 2.05) is 12.1 Å². The molecular formula is C20H19NO3. The van der Waals surface area contributed by atoms with E-state index in [-0.39, 0.29) is 12.6 Å². The van der Waals surface area contributed by atoms with Crippen molar-refractivity contribution >= 4 is 16.9 Å². The summed E-state index contributed by atoms with van der Waals surface area (Å²) in [6.07, 6.45) is 1.98. The molecule has 24 heavy (non-hydrogen) atoms. The van der Waals surface area contributed by atoms with Gasteiger partial charge in [0, 0.05) is 22.2 Å². The van der Waals surface area contributed by atoms with E-state index in [9.17, 15) is 4.79 Å². The molecule has 0 aliphatic heterocycles. The number of aromatic nitrogens is 1. The molecular weight excluding hydrogens is 302 g/mol. The van der Waals surface area contributed by atoms with Gasteiger partial charge in [-0.2, -0.15) is 0 Å². The summed E-state index contributed by atoms with van der Waals surface area (Å²) in [7, 11) is 0. The number of fused-ring (bicyclic) bond motifs is 5. The number of esters is 1. The van der Waals surface area contributed by atoms with E-state index in [1.54, 1.807) is 6.92 Å². The van der Waals surface area contributed by atoms with Crippen molar-refractivity contribution < 1.29 is 14.3 Å². The maximum Gasteiger partial charge on any atom is 0.344 e. The number of nitrogens with one attached hydrogen (secondary N) is 1. The van der Waals surface area contributed by atoms with Crippen molar-refractivity contribution in [2.75, 3.05) is 13.2 Å². The van der Waals surface area contributed by atoms with Gasteiger partial charge in [0.2, 0.25) is 0 Å². The van der Waals surface area contributed by atoms with Gasteiger partial charge in [0.1, 0.15) is 5.75 Å². The van der Waals surface area contributed by atoms with Crippen LogP contribution in [0.5, 0.6) is 5.75 Å². The number of carbonyl (C=O) groups excluding carboxylic acids is 1. The maximum absolute atomic E-state index is 11.4. The Balaban J connectivity index is 1.63. The SMILES string of the molecule is CCOC(=O)COc1ccc2c(c1)CCc1c-2[nH]c2ccccc12. The van der Waals surface area contributed by atoms with Crippen molar-refractivity contribution in [1.29, 1.82) is 0 Å². The zero-order chi connectivity index (χ0) is 16.5. The molecule has 1 aromatic heterocycles. The molecule has 4 heteroatoms. The Morgan fingerprint density at radius 3 is 2.92 bits per heavy atom. The quantitative estimate of drug-likeness (QED) is 0.742. The summed E-state index contributed by atoms with van der Waals surface area (Å²) >= 11 is 0. The number of rotatable bonds is 4. The monoisotopic (exact) mass is 321 g/mol. The molecule has 0 bridgehead atoms. The number of benzene rings is 2. The summed E-state index contributed by atoms with van der Waals surface area (Å²) in [4.78, 5) is 15.0. The number of aryl methyl sites for hydroxylation is 2. The van der Waals surface area contributed by atoms with Crippen molar-refractivity contribution in [3.8, 4) is 17.0 Å². The number of carbonyl (C=O) groups is 1. The second-order valence-electron chi connectivity index (χ2n) is 5.94. The van der Waals surface area contributed by atoms with Crippen LogP contribution in [0.25, 0.3) is 22.2 Å². The molecule has 0 radical (unpaired) electrons. The van der Waals surface area contributed by atoms with Gasteiger partial charge < -0.3 is 14.5 Å². The van der Waals surface area contributed by atoms with E-state index in [1.165, 1.54) is 33.3 Å². The zero-order valence-electron chi connectivity index (χ0n) is 13.6. The van der Waals surface area contributed by atoms with Crippen LogP contribution in [-0.4, -0.2) is 24.2 Å². The lowest BCUT2D eigenvalue weighted by Gasteiger charge is -2.18. The Hall–Kier alpha value is -2.75. The highest BCUT2D eigenvalue weighted by molar-refractivity contribution is 5.92. The van der Waals surface area contributed by atoms with Crippen LogP contribution in [0.3, 0.4) is 0 Å². The molecule has 2 aromatic carbocycles. The van der Waals surface area contributed by atoms with Crippen LogP contribution in [0, 0.1) is 0 Å². The first kappa shape index (κ1) is 14.8. The summed E-state index contributed by atoms with van der Waals surface area (Å²) < 4.78 is 10.4. The Kier molecular flexibility index (Phi) is 3.73. The molecule has 4 rings (SSSR count). The predicted molar refractivity (Wildman–Crippen MR) is 93.3 cm³/mol. The first-order valence-electron chi connectivity index (χ1n) is 8.27. The standard InChI is InChI=1S/C20H19NO3/c1-2-23-19(22)12-24-14-8-10-15-13(11-14)7-9-17-16-5-3-4-6-18(16)21-20(15)17/h3-6,8,10-11,21H,2,7,9,12H2,1H3. The molecule has 1 heterocycles. The predicted octanol–water partition coefficient (Wildman–Crippen LogP) is 3.88. The molecule has 1 aliphatic carbocycles. The smallest absolute Gasteiger partial charge is 0.344 e. The topological polar surface area (TPSA) is 51.3 Å². The van der Waals surface area contributed by atoms with Crippen molar-refractivity contribution in [3.63, 3.8) is 0 Å². The second kappa shape index (κ2) is 6.04. The number of H-pyrrole nitrogens is 1.